The minimum absolute atomic E-state index is 0.916. The topological polar surface area (TPSA) is 29.9 Å². The third-order valence-corrected chi connectivity index (χ3v) is 1.73. The monoisotopic (exact) mass is 179 g/mol. The summed E-state index contributed by atoms with van der Waals surface area (Å²) in [4.78, 5) is 0. The van der Waals surface area contributed by atoms with Crippen LogP contribution in [0.5, 0.6) is 0 Å². The van der Waals surface area contributed by atoms with Crippen LogP contribution in [0.15, 0.2) is 30.6 Å². The Morgan fingerprint density at radius 2 is 2.46 bits per heavy atom. The first-order valence-electron chi connectivity index (χ1n) is 4.61. The van der Waals surface area contributed by atoms with Gasteiger partial charge in [0.2, 0.25) is 0 Å². The summed E-state index contributed by atoms with van der Waals surface area (Å²) in [5.41, 5.74) is 1.18. The molecule has 0 fully saturated rings. The van der Waals surface area contributed by atoms with E-state index in [-0.39, 0.29) is 0 Å². The zero-order valence-corrected chi connectivity index (χ0v) is 8.16. The third kappa shape index (κ3) is 4.48. The Balaban J connectivity index is 1.99. The molecule has 1 aromatic heterocycles. The maximum Gasteiger partial charge on any atom is 0.0489 e. The van der Waals surface area contributed by atoms with Crippen LogP contribution < -0.4 is 5.32 Å². The van der Waals surface area contributed by atoms with Crippen molar-refractivity contribution in [1.29, 1.82) is 0 Å². The smallest absolute Gasteiger partial charge is 0.0489 e. The Kier molecular flexibility index (Phi) is 4.26. The lowest BCUT2D eigenvalue weighted by atomic mass is 10.3. The lowest BCUT2D eigenvalue weighted by Crippen LogP contribution is -2.18. The summed E-state index contributed by atoms with van der Waals surface area (Å²) in [6.07, 6.45) is 4.90. The van der Waals surface area contributed by atoms with Gasteiger partial charge in [0.15, 0.2) is 0 Å². The van der Waals surface area contributed by atoms with Crippen molar-refractivity contribution in [3.63, 3.8) is 0 Å². The Hall–Kier alpha value is -1.09. The molecule has 0 aliphatic rings. The molecule has 0 bridgehead atoms. The van der Waals surface area contributed by atoms with Crippen molar-refractivity contribution in [2.24, 2.45) is 0 Å². The van der Waals surface area contributed by atoms with Crippen molar-refractivity contribution in [3.8, 4) is 0 Å². The summed E-state index contributed by atoms with van der Waals surface area (Å²) < 4.78 is 1.95. The minimum Gasteiger partial charge on any atom is -0.313 e. The summed E-state index contributed by atoms with van der Waals surface area (Å²) in [6.45, 7) is 8.77. The molecule has 0 aromatic carbocycles. The van der Waals surface area contributed by atoms with Crippen molar-refractivity contribution >= 4 is 0 Å². The van der Waals surface area contributed by atoms with Gasteiger partial charge in [-0.2, -0.15) is 5.10 Å². The highest BCUT2D eigenvalue weighted by Crippen LogP contribution is 1.88. The van der Waals surface area contributed by atoms with E-state index in [0.29, 0.717) is 0 Å². The van der Waals surface area contributed by atoms with E-state index in [1.807, 2.05) is 23.9 Å². The zero-order valence-electron chi connectivity index (χ0n) is 8.16. The van der Waals surface area contributed by atoms with E-state index >= 15 is 0 Å². The average molecular weight is 179 g/mol. The van der Waals surface area contributed by atoms with E-state index in [9.17, 15) is 0 Å². The highest BCUT2D eigenvalue weighted by molar-refractivity contribution is 4.90. The number of nitrogens with zero attached hydrogens (tertiary/aromatic N) is 2. The first kappa shape index (κ1) is 9.99. The van der Waals surface area contributed by atoms with E-state index < -0.39 is 0 Å². The summed E-state index contributed by atoms with van der Waals surface area (Å²) in [7, 11) is 0. The molecule has 0 aliphatic heterocycles. The van der Waals surface area contributed by atoms with Gasteiger partial charge in [0.25, 0.3) is 0 Å². The van der Waals surface area contributed by atoms with Crippen molar-refractivity contribution in [1.82, 2.24) is 15.1 Å². The van der Waals surface area contributed by atoms with Crippen LogP contribution in [0.2, 0.25) is 0 Å². The number of hydrogen-bond donors (Lipinski definition) is 1. The number of aromatic nitrogens is 2. The molecule has 0 spiro atoms. The van der Waals surface area contributed by atoms with Crippen LogP contribution in [0.1, 0.15) is 13.3 Å². The van der Waals surface area contributed by atoms with Gasteiger partial charge < -0.3 is 5.32 Å². The fourth-order valence-electron chi connectivity index (χ4n) is 1.10. The predicted molar refractivity (Wildman–Crippen MR) is 54.5 cm³/mol. The van der Waals surface area contributed by atoms with Crippen LogP contribution in [0, 0.1) is 0 Å². The quantitative estimate of drug-likeness (QED) is 0.529. The van der Waals surface area contributed by atoms with Crippen LogP contribution in [0.4, 0.5) is 0 Å². The van der Waals surface area contributed by atoms with Crippen LogP contribution >= 0.6 is 0 Å². The molecule has 3 heteroatoms. The highest BCUT2D eigenvalue weighted by atomic mass is 15.3. The summed E-state index contributed by atoms with van der Waals surface area (Å²) in [6, 6.07) is 1.95. The van der Waals surface area contributed by atoms with Crippen molar-refractivity contribution < 1.29 is 0 Å². The van der Waals surface area contributed by atoms with Gasteiger partial charge in [-0.25, -0.2) is 0 Å². The average Bonchev–Trinajstić information content (AvgIpc) is 2.55. The fourth-order valence-corrected chi connectivity index (χ4v) is 1.10. The van der Waals surface area contributed by atoms with Gasteiger partial charge in [-0.1, -0.05) is 12.2 Å². The second-order valence-electron chi connectivity index (χ2n) is 3.26. The number of rotatable bonds is 6. The van der Waals surface area contributed by atoms with Crippen molar-refractivity contribution in [2.75, 3.05) is 13.1 Å². The number of nitrogens with one attached hydrogen (secondary N) is 1. The normalized spacial score (nSPS) is 10.2. The molecule has 0 aliphatic carbocycles. The highest BCUT2D eigenvalue weighted by Gasteiger charge is 1.90. The van der Waals surface area contributed by atoms with Crippen LogP contribution in [0.3, 0.4) is 0 Å². The van der Waals surface area contributed by atoms with Gasteiger partial charge in [-0.3, -0.25) is 4.68 Å². The van der Waals surface area contributed by atoms with E-state index in [1.54, 1.807) is 6.20 Å². The van der Waals surface area contributed by atoms with Crippen LogP contribution in [0.25, 0.3) is 0 Å². The summed E-state index contributed by atoms with van der Waals surface area (Å²) in [5.74, 6) is 0. The molecular weight excluding hydrogens is 162 g/mol. The molecule has 72 valence electrons. The first-order chi connectivity index (χ1) is 6.29. The molecule has 0 saturated heterocycles. The Labute approximate surface area is 79.5 Å². The molecule has 3 nitrogen and oxygen atoms in total. The number of hydrogen-bond acceptors (Lipinski definition) is 2. The van der Waals surface area contributed by atoms with Gasteiger partial charge in [-0.15, -0.1) is 0 Å². The lowest BCUT2D eigenvalue weighted by molar-refractivity contribution is 0.553. The Morgan fingerprint density at radius 1 is 1.62 bits per heavy atom. The van der Waals surface area contributed by atoms with Crippen molar-refractivity contribution in [2.45, 2.75) is 19.9 Å². The summed E-state index contributed by atoms with van der Waals surface area (Å²) >= 11 is 0. The van der Waals surface area contributed by atoms with E-state index in [1.165, 1.54) is 5.57 Å². The molecular formula is C10H17N3. The third-order valence-electron chi connectivity index (χ3n) is 1.73. The van der Waals surface area contributed by atoms with Gasteiger partial charge in [0, 0.05) is 25.5 Å². The molecule has 1 N–H and O–H groups in total. The number of aryl methyl sites for hydroxylation is 1. The standard InChI is InChI=1S/C10H17N3/c1-10(2)9-11-5-3-7-13-8-4-6-12-13/h4,6,8,11H,1,3,5,7,9H2,2H3. The SMILES string of the molecule is C=C(C)CNCCCn1cccn1. The molecule has 0 amide bonds. The predicted octanol–water partition coefficient (Wildman–Crippen LogP) is 1.44. The molecule has 0 unspecified atom stereocenters. The molecule has 1 rings (SSSR count). The maximum atomic E-state index is 4.12. The van der Waals surface area contributed by atoms with Gasteiger partial charge >= 0.3 is 0 Å². The van der Waals surface area contributed by atoms with Gasteiger partial charge in [0.05, 0.1) is 0 Å². The lowest BCUT2D eigenvalue weighted by Gasteiger charge is -2.03. The molecule has 1 heterocycles. The first-order valence-corrected chi connectivity index (χ1v) is 4.61. The van der Waals surface area contributed by atoms with Gasteiger partial charge in [-0.05, 0) is 26.0 Å². The molecule has 1 aromatic rings. The summed E-state index contributed by atoms with van der Waals surface area (Å²) in [5, 5.41) is 7.43. The van der Waals surface area contributed by atoms with Crippen molar-refractivity contribution in [3.05, 3.63) is 30.6 Å². The van der Waals surface area contributed by atoms with E-state index in [4.69, 9.17) is 0 Å². The van der Waals surface area contributed by atoms with Gasteiger partial charge in [0.1, 0.15) is 0 Å². The Bertz CT molecular complexity index is 239. The van der Waals surface area contributed by atoms with Crippen LogP contribution in [-0.2, 0) is 6.54 Å². The minimum atomic E-state index is 0.916. The molecule has 0 saturated carbocycles. The Morgan fingerprint density at radius 3 is 3.08 bits per heavy atom. The molecule has 0 atom stereocenters. The second kappa shape index (κ2) is 5.54. The fraction of sp³-hybridized carbons (Fsp3) is 0.500. The van der Waals surface area contributed by atoms with Crippen LogP contribution in [-0.4, -0.2) is 22.9 Å². The largest absolute Gasteiger partial charge is 0.313 e. The molecule has 13 heavy (non-hydrogen) atoms. The molecule has 0 radical (unpaired) electrons. The maximum absolute atomic E-state index is 4.12. The second-order valence-corrected chi connectivity index (χ2v) is 3.26. The van der Waals surface area contributed by atoms with E-state index in [2.05, 4.69) is 17.0 Å². The zero-order chi connectivity index (χ0) is 9.52. The van der Waals surface area contributed by atoms with E-state index in [0.717, 1.165) is 26.1 Å².